The predicted molar refractivity (Wildman–Crippen MR) is 159 cm³/mol. The molecule has 0 aliphatic carbocycles. The summed E-state index contributed by atoms with van der Waals surface area (Å²) in [5.74, 6) is -0.307. The molecular formula is C30H51ClN4O3. The highest BCUT2D eigenvalue weighted by Crippen LogP contribution is 2.14. The number of nitrogens with one attached hydrogen (secondary N) is 2. The minimum Gasteiger partial charge on any atom is -0.350 e. The van der Waals surface area contributed by atoms with E-state index in [1.165, 1.54) is 43.7 Å². The van der Waals surface area contributed by atoms with Crippen LogP contribution in [0.15, 0.2) is 35.9 Å². The number of amides is 3. The monoisotopic (exact) mass is 550 g/mol. The smallest absolute Gasteiger partial charge is 0.246 e. The summed E-state index contributed by atoms with van der Waals surface area (Å²) in [5, 5.41) is 5.86. The molecule has 1 atom stereocenters. The van der Waals surface area contributed by atoms with Gasteiger partial charge in [-0.15, -0.1) is 0 Å². The number of hydrogen-bond donors (Lipinski definition) is 2. The lowest BCUT2D eigenvalue weighted by molar-refractivity contribution is -0.132. The van der Waals surface area contributed by atoms with Crippen molar-refractivity contribution < 1.29 is 14.4 Å². The molecule has 1 aliphatic rings. The molecule has 1 aromatic rings. The van der Waals surface area contributed by atoms with E-state index in [1.807, 2.05) is 26.0 Å². The topological polar surface area (TPSA) is 81.8 Å². The van der Waals surface area contributed by atoms with Crippen molar-refractivity contribution >= 4 is 29.8 Å². The Bertz CT molecular complexity index is 834. The largest absolute Gasteiger partial charge is 0.350 e. The molecule has 0 saturated carbocycles. The number of nitrogens with zero attached hydrogens (tertiary/aromatic N) is 2. The van der Waals surface area contributed by atoms with E-state index in [0.717, 1.165) is 11.6 Å². The van der Waals surface area contributed by atoms with Gasteiger partial charge in [-0.2, -0.15) is 0 Å². The Labute approximate surface area is 236 Å². The Morgan fingerprint density at radius 1 is 1.05 bits per heavy atom. The standard InChI is InChI=1S/C19H26ClN3O3.C8H17N.C3H8/c1-13(2)17(23(4)18(25)11-21-12-24)9-14(3)19(26)22-10-15-5-7-16(20)8-6-15;1-8(2)9-6-4-3-5-7-9;1-3-2/h5-9,12-13,17H,10-11H2,1-4H3,(H,21,24)(H,22,26);8H,3-7H2,1-2H3;3H2,1-2H3/b14-9+;;. The Morgan fingerprint density at radius 2 is 1.61 bits per heavy atom. The molecule has 1 aliphatic heterocycles. The van der Waals surface area contributed by atoms with Crippen molar-refractivity contribution in [1.29, 1.82) is 0 Å². The third kappa shape index (κ3) is 15.1. The normalized spacial score (nSPS) is 14.4. The first-order valence-electron chi connectivity index (χ1n) is 13.9. The second kappa shape index (κ2) is 20.6. The SMILES string of the molecule is C/C(=C\C(C(C)C)N(C)C(=O)CNC=O)C(=O)NCc1ccc(Cl)cc1.CC(C)N1CCCCC1.CCC. The van der Waals surface area contributed by atoms with E-state index in [0.29, 0.717) is 23.6 Å². The number of benzene rings is 1. The van der Waals surface area contributed by atoms with Crippen LogP contribution in [0.3, 0.4) is 0 Å². The molecule has 1 heterocycles. The summed E-state index contributed by atoms with van der Waals surface area (Å²) in [6.45, 7) is 17.5. The van der Waals surface area contributed by atoms with E-state index in [-0.39, 0.29) is 30.3 Å². The van der Waals surface area contributed by atoms with Gasteiger partial charge in [0, 0.05) is 30.2 Å². The summed E-state index contributed by atoms with van der Waals surface area (Å²) >= 11 is 5.85. The number of rotatable bonds is 10. The second-order valence-electron chi connectivity index (χ2n) is 10.3. The van der Waals surface area contributed by atoms with E-state index in [1.54, 1.807) is 32.2 Å². The Kier molecular flexibility index (Phi) is 19.3. The van der Waals surface area contributed by atoms with Gasteiger partial charge in [-0.05, 0) is 70.3 Å². The summed E-state index contributed by atoms with van der Waals surface area (Å²) in [6.07, 6.45) is 7.79. The maximum Gasteiger partial charge on any atom is 0.246 e. The number of hydrogen-bond acceptors (Lipinski definition) is 4. The molecule has 1 fully saturated rings. The fraction of sp³-hybridized carbons (Fsp3) is 0.633. The molecule has 0 bridgehead atoms. The number of likely N-dealkylation sites (N-methyl/N-ethyl adjacent to an activating group) is 1. The molecule has 7 nitrogen and oxygen atoms in total. The van der Waals surface area contributed by atoms with Gasteiger partial charge in [-0.25, -0.2) is 0 Å². The van der Waals surface area contributed by atoms with E-state index < -0.39 is 0 Å². The van der Waals surface area contributed by atoms with Crippen LogP contribution >= 0.6 is 11.6 Å². The molecule has 8 heteroatoms. The first-order chi connectivity index (χ1) is 18.0. The highest BCUT2D eigenvalue weighted by molar-refractivity contribution is 6.30. The lowest BCUT2D eigenvalue weighted by atomic mass is 9.99. The van der Waals surface area contributed by atoms with E-state index >= 15 is 0 Å². The number of carbonyl (C=O) groups excluding carboxylic acids is 3. The van der Waals surface area contributed by atoms with Gasteiger partial charge in [0.05, 0.1) is 12.6 Å². The number of halogens is 1. The molecule has 38 heavy (non-hydrogen) atoms. The van der Waals surface area contributed by atoms with E-state index in [9.17, 15) is 14.4 Å². The van der Waals surface area contributed by atoms with Crippen LogP contribution in [0.4, 0.5) is 0 Å². The van der Waals surface area contributed by atoms with E-state index in [2.05, 4.69) is 43.2 Å². The molecule has 2 N–H and O–H groups in total. The predicted octanol–water partition coefficient (Wildman–Crippen LogP) is 5.43. The Morgan fingerprint density at radius 3 is 2.05 bits per heavy atom. The van der Waals surface area contributed by atoms with Crippen molar-refractivity contribution in [2.75, 3.05) is 26.7 Å². The van der Waals surface area contributed by atoms with Crippen molar-refractivity contribution in [1.82, 2.24) is 20.4 Å². The first kappa shape index (κ1) is 35.6. The zero-order chi connectivity index (χ0) is 29.1. The lowest BCUT2D eigenvalue weighted by Crippen LogP contribution is -2.43. The van der Waals surface area contributed by atoms with Gasteiger partial charge in [-0.1, -0.05) is 70.3 Å². The van der Waals surface area contributed by atoms with Crippen LogP contribution in [0, 0.1) is 5.92 Å². The van der Waals surface area contributed by atoms with Crippen molar-refractivity contribution in [2.45, 2.75) is 92.8 Å². The third-order valence-electron chi connectivity index (χ3n) is 6.13. The van der Waals surface area contributed by atoms with Crippen molar-refractivity contribution in [3.63, 3.8) is 0 Å². The molecule has 0 spiro atoms. The van der Waals surface area contributed by atoms with Crippen LogP contribution < -0.4 is 10.6 Å². The van der Waals surface area contributed by atoms with Gasteiger partial charge in [0.25, 0.3) is 0 Å². The lowest BCUT2D eigenvalue weighted by Gasteiger charge is -2.29. The molecular weight excluding hydrogens is 500 g/mol. The minimum absolute atomic E-state index is 0.0706. The minimum atomic E-state index is -0.253. The highest BCUT2D eigenvalue weighted by atomic mass is 35.5. The highest BCUT2D eigenvalue weighted by Gasteiger charge is 2.22. The van der Waals surface area contributed by atoms with Crippen LogP contribution in [-0.2, 0) is 20.9 Å². The third-order valence-corrected chi connectivity index (χ3v) is 6.38. The molecule has 0 radical (unpaired) electrons. The van der Waals surface area contributed by atoms with Gasteiger partial charge >= 0.3 is 0 Å². The van der Waals surface area contributed by atoms with Gasteiger partial charge in [-0.3, -0.25) is 14.4 Å². The van der Waals surface area contributed by atoms with Crippen LogP contribution in [0.25, 0.3) is 0 Å². The van der Waals surface area contributed by atoms with Gasteiger partial charge < -0.3 is 20.4 Å². The quantitative estimate of drug-likeness (QED) is 0.301. The Hall–Kier alpha value is -2.38. The molecule has 1 aromatic carbocycles. The van der Waals surface area contributed by atoms with Gasteiger partial charge in [0.2, 0.25) is 18.2 Å². The van der Waals surface area contributed by atoms with Crippen molar-refractivity contribution in [3.05, 3.63) is 46.5 Å². The molecule has 2 rings (SSSR count). The van der Waals surface area contributed by atoms with Gasteiger partial charge in [0.1, 0.15) is 0 Å². The first-order valence-corrected chi connectivity index (χ1v) is 14.2. The molecule has 3 amide bonds. The average Bonchev–Trinajstić information content (AvgIpc) is 2.90. The van der Waals surface area contributed by atoms with Crippen molar-refractivity contribution in [2.24, 2.45) is 5.92 Å². The van der Waals surface area contributed by atoms with Crippen LogP contribution in [-0.4, -0.2) is 66.8 Å². The van der Waals surface area contributed by atoms with E-state index in [4.69, 9.17) is 11.6 Å². The number of carbonyl (C=O) groups is 3. The number of piperidine rings is 1. The summed E-state index contributed by atoms with van der Waals surface area (Å²) < 4.78 is 0. The molecule has 1 saturated heterocycles. The summed E-state index contributed by atoms with van der Waals surface area (Å²) in [6, 6.07) is 7.77. The summed E-state index contributed by atoms with van der Waals surface area (Å²) in [4.78, 5) is 38.9. The van der Waals surface area contributed by atoms with Crippen molar-refractivity contribution in [3.8, 4) is 0 Å². The fourth-order valence-corrected chi connectivity index (χ4v) is 3.99. The average molecular weight is 551 g/mol. The van der Waals surface area contributed by atoms with Crippen LogP contribution in [0.1, 0.15) is 79.7 Å². The Balaban J connectivity index is 0.000000938. The van der Waals surface area contributed by atoms with Crippen LogP contribution in [0.2, 0.25) is 5.02 Å². The maximum atomic E-state index is 12.3. The molecule has 0 aromatic heterocycles. The summed E-state index contributed by atoms with van der Waals surface area (Å²) in [5.41, 5.74) is 1.48. The second-order valence-corrected chi connectivity index (χ2v) is 10.7. The zero-order valence-corrected chi connectivity index (χ0v) is 25.6. The number of likely N-dealkylation sites (tertiary alicyclic amines) is 1. The van der Waals surface area contributed by atoms with Gasteiger partial charge in [0.15, 0.2) is 0 Å². The zero-order valence-electron chi connectivity index (χ0n) is 24.9. The maximum absolute atomic E-state index is 12.3. The van der Waals surface area contributed by atoms with Crippen LogP contribution in [0.5, 0.6) is 0 Å². The molecule has 1 unspecified atom stereocenters. The molecule has 216 valence electrons. The summed E-state index contributed by atoms with van der Waals surface area (Å²) in [7, 11) is 1.66. The fourth-order valence-electron chi connectivity index (χ4n) is 3.86.